The lowest BCUT2D eigenvalue weighted by Gasteiger charge is -2.15. The molecule has 1 atom stereocenters. The van der Waals surface area contributed by atoms with Gasteiger partial charge in [-0.2, -0.15) is 0 Å². The van der Waals surface area contributed by atoms with Gasteiger partial charge in [0.25, 0.3) is 0 Å². The fraction of sp³-hybridized carbons (Fsp3) is 0.417. The van der Waals surface area contributed by atoms with Crippen LogP contribution in [0.5, 0.6) is 11.5 Å². The zero-order chi connectivity index (χ0) is 12.4. The molecule has 3 N–H and O–H groups in total. The molecular formula is C12H15NO4. The van der Waals surface area contributed by atoms with E-state index >= 15 is 0 Å². The zero-order valence-electron chi connectivity index (χ0n) is 9.60. The summed E-state index contributed by atoms with van der Waals surface area (Å²) in [5.41, 5.74) is 7.82. The highest BCUT2D eigenvalue weighted by Gasteiger charge is 2.20. The van der Waals surface area contributed by atoms with Crippen molar-refractivity contribution < 1.29 is 19.4 Å². The van der Waals surface area contributed by atoms with Gasteiger partial charge in [-0.1, -0.05) is 6.07 Å². The third kappa shape index (κ3) is 2.34. The minimum absolute atomic E-state index is 0.0645. The number of carbonyl (C=O) groups is 1. The molecule has 0 aliphatic carbocycles. The normalized spacial score (nSPS) is 14.7. The lowest BCUT2D eigenvalue weighted by Crippen LogP contribution is -2.13. The van der Waals surface area contributed by atoms with Gasteiger partial charge in [0, 0.05) is 12.5 Å². The molecule has 0 aromatic heterocycles. The van der Waals surface area contributed by atoms with Gasteiger partial charge in [0.2, 0.25) is 6.79 Å². The Morgan fingerprint density at radius 3 is 3.00 bits per heavy atom. The highest BCUT2D eigenvalue weighted by Crippen LogP contribution is 2.38. The molecule has 0 saturated heterocycles. The minimum atomic E-state index is -0.834. The first-order valence-corrected chi connectivity index (χ1v) is 5.46. The largest absolute Gasteiger partial charge is 0.481 e. The first-order valence-electron chi connectivity index (χ1n) is 5.46. The number of hydrogen-bond acceptors (Lipinski definition) is 4. The number of fused-ring (bicyclic) bond motifs is 1. The van der Waals surface area contributed by atoms with E-state index in [0.29, 0.717) is 12.2 Å². The molecule has 0 amide bonds. The van der Waals surface area contributed by atoms with Crippen molar-refractivity contribution in [2.45, 2.75) is 25.8 Å². The van der Waals surface area contributed by atoms with Crippen LogP contribution in [-0.2, 0) is 4.79 Å². The fourth-order valence-corrected chi connectivity index (χ4v) is 1.96. The average Bonchev–Trinajstić information content (AvgIpc) is 2.75. The second-order valence-electron chi connectivity index (χ2n) is 4.05. The second kappa shape index (κ2) is 4.63. The number of ether oxygens (including phenoxy) is 2. The van der Waals surface area contributed by atoms with Crippen LogP contribution in [0.3, 0.4) is 0 Å². The Labute approximate surface area is 99.1 Å². The molecular weight excluding hydrogens is 222 g/mol. The van der Waals surface area contributed by atoms with Gasteiger partial charge >= 0.3 is 5.97 Å². The Bertz CT molecular complexity index is 444. The molecule has 1 heterocycles. The van der Waals surface area contributed by atoms with E-state index in [9.17, 15) is 4.79 Å². The number of nitrogens with two attached hydrogens (primary N) is 1. The summed E-state index contributed by atoms with van der Waals surface area (Å²) in [4.78, 5) is 10.5. The second-order valence-corrected chi connectivity index (χ2v) is 4.05. The first-order chi connectivity index (χ1) is 8.09. The molecule has 5 nitrogen and oxygen atoms in total. The van der Waals surface area contributed by atoms with Crippen LogP contribution in [0.4, 0.5) is 0 Å². The maximum Gasteiger partial charge on any atom is 0.303 e. The summed E-state index contributed by atoms with van der Waals surface area (Å²) in [7, 11) is 0. The van der Waals surface area contributed by atoms with Crippen LogP contribution in [0.15, 0.2) is 12.1 Å². The van der Waals surface area contributed by atoms with Crippen molar-refractivity contribution >= 4 is 5.97 Å². The summed E-state index contributed by atoms with van der Waals surface area (Å²) in [5, 5.41) is 8.63. The Hall–Kier alpha value is -1.75. The smallest absolute Gasteiger partial charge is 0.303 e. The van der Waals surface area contributed by atoms with E-state index < -0.39 is 5.97 Å². The molecule has 0 fully saturated rings. The van der Waals surface area contributed by atoms with E-state index in [4.69, 9.17) is 20.3 Å². The lowest BCUT2D eigenvalue weighted by atomic mass is 9.97. The van der Waals surface area contributed by atoms with E-state index in [1.54, 1.807) is 0 Å². The summed E-state index contributed by atoms with van der Waals surface area (Å²) in [6.45, 7) is 2.13. The quantitative estimate of drug-likeness (QED) is 0.831. The van der Waals surface area contributed by atoms with Crippen LogP contribution in [0, 0.1) is 6.92 Å². The molecule has 2 rings (SSSR count). The predicted octanol–water partition coefficient (Wildman–Crippen LogP) is 1.59. The number of rotatable bonds is 4. The molecule has 1 unspecified atom stereocenters. The Kier molecular flexibility index (Phi) is 3.19. The number of carboxylic acid groups (broad SMARTS) is 1. The molecule has 1 aliphatic rings. The summed E-state index contributed by atoms with van der Waals surface area (Å²) >= 11 is 0. The van der Waals surface area contributed by atoms with Crippen molar-refractivity contribution in [3.8, 4) is 11.5 Å². The summed E-state index contributed by atoms with van der Waals surface area (Å²) in [6.07, 6.45) is 0.477. The van der Waals surface area contributed by atoms with Crippen LogP contribution in [0.2, 0.25) is 0 Å². The maximum atomic E-state index is 10.5. The molecule has 5 heteroatoms. The van der Waals surface area contributed by atoms with Crippen molar-refractivity contribution in [1.29, 1.82) is 0 Å². The fourth-order valence-electron chi connectivity index (χ4n) is 1.96. The van der Waals surface area contributed by atoms with Crippen molar-refractivity contribution in [3.05, 3.63) is 23.3 Å². The number of aliphatic carboxylic acids is 1. The minimum Gasteiger partial charge on any atom is -0.481 e. The van der Waals surface area contributed by atoms with E-state index in [1.165, 1.54) is 0 Å². The van der Waals surface area contributed by atoms with Gasteiger partial charge in [0.1, 0.15) is 0 Å². The van der Waals surface area contributed by atoms with Gasteiger partial charge in [-0.25, -0.2) is 0 Å². The van der Waals surface area contributed by atoms with Crippen molar-refractivity contribution in [3.63, 3.8) is 0 Å². The molecule has 0 saturated carbocycles. The highest BCUT2D eigenvalue weighted by atomic mass is 16.7. The number of benzene rings is 1. The molecule has 92 valence electrons. The lowest BCUT2D eigenvalue weighted by molar-refractivity contribution is -0.137. The predicted molar refractivity (Wildman–Crippen MR) is 61.1 cm³/mol. The SMILES string of the molecule is Cc1c(C(N)CCC(=O)O)ccc2c1OCO2. The standard InChI is InChI=1S/C12H15NO4/c1-7-8(9(13)3-5-11(14)15)2-4-10-12(7)17-6-16-10/h2,4,9H,3,5-6,13H2,1H3,(H,14,15). The number of hydrogen-bond donors (Lipinski definition) is 2. The van der Waals surface area contributed by atoms with Crippen LogP contribution < -0.4 is 15.2 Å². The topological polar surface area (TPSA) is 81.8 Å². The molecule has 0 bridgehead atoms. The van der Waals surface area contributed by atoms with Crippen molar-refractivity contribution in [2.24, 2.45) is 5.73 Å². The van der Waals surface area contributed by atoms with Gasteiger partial charge < -0.3 is 20.3 Å². The van der Waals surface area contributed by atoms with Gasteiger partial charge in [-0.3, -0.25) is 4.79 Å². The molecule has 1 aromatic rings. The van der Waals surface area contributed by atoms with Gasteiger partial charge in [-0.15, -0.1) is 0 Å². The van der Waals surface area contributed by atoms with E-state index in [-0.39, 0.29) is 19.3 Å². The summed E-state index contributed by atoms with van der Waals surface area (Å²) in [5.74, 6) is 0.601. The highest BCUT2D eigenvalue weighted by molar-refractivity contribution is 5.66. The Balaban J connectivity index is 2.18. The van der Waals surface area contributed by atoms with Crippen LogP contribution in [0.25, 0.3) is 0 Å². The molecule has 17 heavy (non-hydrogen) atoms. The number of carboxylic acids is 1. The molecule has 0 spiro atoms. The van der Waals surface area contributed by atoms with Crippen molar-refractivity contribution in [1.82, 2.24) is 0 Å². The molecule has 1 aromatic carbocycles. The van der Waals surface area contributed by atoms with Crippen LogP contribution in [0.1, 0.15) is 30.0 Å². The summed E-state index contributed by atoms with van der Waals surface area (Å²) < 4.78 is 10.6. The summed E-state index contributed by atoms with van der Waals surface area (Å²) in [6, 6.07) is 3.39. The first kappa shape index (κ1) is 11.7. The van der Waals surface area contributed by atoms with E-state index in [2.05, 4.69) is 0 Å². The zero-order valence-corrected chi connectivity index (χ0v) is 9.60. The van der Waals surface area contributed by atoms with Gasteiger partial charge in [-0.05, 0) is 30.5 Å². The third-order valence-electron chi connectivity index (χ3n) is 2.90. The third-order valence-corrected chi connectivity index (χ3v) is 2.90. The van der Waals surface area contributed by atoms with Crippen molar-refractivity contribution in [2.75, 3.05) is 6.79 Å². The molecule has 1 aliphatic heterocycles. The average molecular weight is 237 g/mol. The maximum absolute atomic E-state index is 10.5. The van der Waals surface area contributed by atoms with Crippen LogP contribution >= 0.6 is 0 Å². The van der Waals surface area contributed by atoms with Gasteiger partial charge in [0.15, 0.2) is 11.5 Å². The van der Waals surface area contributed by atoms with Gasteiger partial charge in [0.05, 0.1) is 0 Å². The van der Waals surface area contributed by atoms with E-state index in [1.807, 2.05) is 19.1 Å². The van der Waals surface area contributed by atoms with E-state index in [0.717, 1.165) is 16.9 Å². The molecule has 0 radical (unpaired) electrons. The Morgan fingerprint density at radius 1 is 1.53 bits per heavy atom. The van der Waals surface area contributed by atoms with Crippen LogP contribution in [-0.4, -0.2) is 17.9 Å². The monoisotopic (exact) mass is 237 g/mol. The Morgan fingerprint density at radius 2 is 2.29 bits per heavy atom.